The van der Waals surface area contributed by atoms with E-state index in [1.54, 1.807) is 14.2 Å². The summed E-state index contributed by atoms with van der Waals surface area (Å²) >= 11 is 0. The van der Waals surface area contributed by atoms with Crippen LogP contribution in [0.15, 0.2) is 24.3 Å². The number of methoxy groups -OCH3 is 2. The van der Waals surface area contributed by atoms with Gasteiger partial charge in [-0.15, -0.1) is 0 Å². The Balaban J connectivity index is 0.000000141. The van der Waals surface area contributed by atoms with Crippen molar-refractivity contribution in [3.8, 4) is 11.5 Å². The Morgan fingerprint density at radius 3 is 1.53 bits per heavy atom. The highest BCUT2D eigenvalue weighted by molar-refractivity contribution is 5.30. The normalized spacial score (nSPS) is 23.1. The number of hydrogen-bond acceptors (Lipinski definition) is 5. The van der Waals surface area contributed by atoms with Gasteiger partial charge >= 0.3 is 0 Å². The first kappa shape index (κ1) is 14.1. The van der Waals surface area contributed by atoms with Crippen LogP contribution in [0.3, 0.4) is 0 Å². The number of ether oxygens (including phenoxy) is 5. The molecular formula is C14H20O5. The fourth-order valence-electron chi connectivity index (χ4n) is 1.37. The van der Waals surface area contributed by atoms with Crippen molar-refractivity contribution in [1.29, 1.82) is 0 Å². The molecule has 2 unspecified atom stereocenters. The summed E-state index contributed by atoms with van der Waals surface area (Å²) in [7, 11) is 3.28. The molecule has 1 aromatic carbocycles. The molecule has 0 amide bonds. The molecule has 2 heterocycles. The van der Waals surface area contributed by atoms with Crippen molar-refractivity contribution in [2.45, 2.75) is 12.2 Å². The van der Waals surface area contributed by atoms with Crippen molar-refractivity contribution in [3.63, 3.8) is 0 Å². The lowest BCUT2D eigenvalue weighted by Gasteiger charge is -2.00. The van der Waals surface area contributed by atoms with Crippen molar-refractivity contribution >= 4 is 0 Å². The Kier molecular flexibility index (Phi) is 5.44. The molecule has 0 aromatic heterocycles. The van der Waals surface area contributed by atoms with Crippen LogP contribution >= 0.6 is 0 Å². The van der Waals surface area contributed by atoms with Crippen molar-refractivity contribution < 1.29 is 23.7 Å². The van der Waals surface area contributed by atoms with Gasteiger partial charge in [0.05, 0.1) is 40.6 Å². The van der Waals surface area contributed by atoms with Crippen molar-refractivity contribution in [3.05, 3.63) is 24.3 Å². The van der Waals surface area contributed by atoms with Crippen LogP contribution in [0, 0.1) is 0 Å². The average molecular weight is 268 g/mol. The number of rotatable bonds is 6. The van der Waals surface area contributed by atoms with Crippen molar-refractivity contribution in [2.24, 2.45) is 0 Å². The third kappa shape index (κ3) is 5.92. The van der Waals surface area contributed by atoms with E-state index in [1.165, 1.54) is 0 Å². The lowest BCUT2D eigenvalue weighted by molar-refractivity contribution is 0.102. The molecule has 5 nitrogen and oxygen atoms in total. The highest BCUT2D eigenvalue weighted by atomic mass is 16.6. The molecule has 0 spiro atoms. The third-order valence-corrected chi connectivity index (χ3v) is 2.71. The lowest BCUT2D eigenvalue weighted by Crippen LogP contribution is -2.06. The predicted molar refractivity (Wildman–Crippen MR) is 69.8 cm³/mol. The number of benzene rings is 1. The first-order valence-electron chi connectivity index (χ1n) is 6.31. The quantitative estimate of drug-likeness (QED) is 0.732. The zero-order chi connectivity index (χ0) is 13.5. The molecule has 2 fully saturated rings. The molecule has 0 saturated carbocycles. The second kappa shape index (κ2) is 7.33. The zero-order valence-electron chi connectivity index (χ0n) is 11.3. The lowest BCUT2D eigenvalue weighted by atomic mass is 10.3. The number of hydrogen-bond donors (Lipinski definition) is 0. The Bertz CT molecular complexity index is 322. The molecule has 2 atom stereocenters. The molecule has 3 rings (SSSR count). The van der Waals surface area contributed by atoms with Crippen LogP contribution in [0.4, 0.5) is 0 Å². The van der Waals surface area contributed by atoms with Crippen LogP contribution in [0.5, 0.6) is 11.5 Å². The maximum Gasteiger partial charge on any atom is 0.119 e. The second-order valence-corrected chi connectivity index (χ2v) is 4.33. The summed E-state index contributed by atoms with van der Waals surface area (Å²) in [6.07, 6.45) is 0.785. The van der Waals surface area contributed by atoms with Gasteiger partial charge in [0.1, 0.15) is 23.7 Å². The molecular weight excluding hydrogens is 248 g/mol. The van der Waals surface area contributed by atoms with E-state index in [9.17, 15) is 0 Å². The molecule has 106 valence electrons. The third-order valence-electron chi connectivity index (χ3n) is 2.71. The molecule has 2 saturated heterocycles. The average Bonchev–Trinajstić information content (AvgIpc) is 3.34. The van der Waals surface area contributed by atoms with Gasteiger partial charge in [-0.25, -0.2) is 0 Å². The maximum atomic E-state index is 5.23. The summed E-state index contributed by atoms with van der Waals surface area (Å²) in [5.74, 6) is 1.70. The Hall–Kier alpha value is -1.30. The fraction of sp³-hybridized carbons (Fsp3) is 0.571. The summed E-state index contributed by atoms with van der Waals surface area (Å²) in [6.45, 7) is 3.26. The molecule has 0 bridgehead atoms. The van der Waals surface area contributed by atoms with Gasteiger partial charge < -0.3 is 23.7 Å². The SMILES string of the molecule is C(OCC1CO1)C1CO1.COc1ccc(OC)cc1. The Morgan fingerprint density at radius 2 is 1.26 bits per heavy atom. The van der Waals surface area contributed by atoms with Gasteiger partial charge in [-0.05, 0) is 24.3 Å². The zero-order valence-corrected chi connectivity index (χ0v) is 11.3. The molecule has 2 aliphatic rings. The van der Waals surface area contributed by atoms with E-state index in [2.05, 4.69) is 0 Å². The van der Waals surface area contributed by atoms with Crippen LogP contribution in [-0.4, -0.2) is 52.9 Å². The minimum absolute atomic E-state index is 0.392. The van der Waals surface area contributed by atoms with Gasteiger partial charge in [-0.1, -0.05) is 0 Å². The molecule has 5 heteroatoms. The van der Waals surface area contributed by atoms with Gasteiger partial charge in [0, 0.05) is 0 Å². The molecule has 2 aliphatic heterocycles. The summed E-state index contributed by atoms with van der Waals surface area (Å²) in [5.41, 5.74) is 0. The maximum absolute atomic E-state index is 5.23. The minimum Gasteiger partial charge on any atom is -0.497 e. The summed E-state index contributed by atoms with van der Waals surface area (Å²) in [4.78, 5) is 0. The van der Waals surface area contributed by atoms with Gasteiger partial charge in [0.15, 0.2) is 0 Å². The van der Waals surface area contributed by atoms with Crippen LogP contribution in [0.2, 0.25) is 0 Å². The van der Waals surface area contributed by atoms with E-state index in [0.717, 1.165) is 37.9 Å². The van der Waals surface area contributed by atoms with Crippen LogP contribution in [0.25, 0.3) is 0 Å². The first-order valence-corrected chi connectivity index (χ1v) is 6.31. The molecule has 0 radical (unpaired) electrons. The van der Waals surface area contributed by atoms with E-state index in [0.29, 0.717) is 12.2 Å². The van der Waals surface area contributed by atoms with Crippen molar-refractivity contribution in [1.82, 2.24) is 0 Å². The number of epoxide rings is 2. The Morgan fingerprint density at radius 1 is 0.895 bits per heavy atom. The minimum atomic E-state index is 0.392. The fourth-order valence-corrected chi connectivity index (χ4v) is 1.37. The summed E-state index contributed by atoms with van der Waals surface area (Å²) in [6, 6.07) is 7.44. The highest BCUT2D eigenvalue weighted by Gasteiger charge is 2.26. The highest BCUT2D eigenvalue weighted by Crippen LogP contribution is 2.15. The van der Waals surface area contributed by atoms with Crippen LogP contribution in [-0.2, 0) is 14.2 Å². The topological polar surface area (TPSA) is 52.8 Å². The summed E-state index contributed by atoms with van der Waals surface area (Å²) < 4.78 is 25.0. The van der Waals surface area contributed by atoms with Gasteiger partial charge in [-0.3, -0.25) is 0 Å². The molecule has 1 aromatic rings. The van der Waals surface area contributed by atoms with E-state index in [4.69, 9.17) is 23.7 Å². The van der Waals surface area contributed by atoms with Gasteiger partial charge in [0.25, 0.3) is 0 Å². The van der Waals surface area contributed by atoms with Gasteiger partial charge in [0.2, 0.25) is 0 Å². The van der Waals surface area contributed by atoms with E-state index in [1.807, 2.05) is 24.3 Å². The van der Waals surface area contributed by atoms with Crippen LogP contribution in [0.1, 0.15) is 0 Å². The second-order valence-electron chi connectivity index (χ2n) is 4.33. The summed E-state index contributed by atoms with van der Waals surface area (Å²) in [5, 5.41) is 0. The standard InChI is InChI=1S/C8H10O2.C6H10O3/c1-9-7-3-5-8(10-2)6-4-7;1(5-3-8-5)7-2-6-4-9-6/h3-6H,1-2H3;5-6H,1-4H2. The Labute approximate surface area is 113 Å². The molecule has 0 aliphatic carbocycles. The van der Waals surface area contributed by atoms with Crippen LogP contribution < -0.4 is 9.47 Å². The van der Waals surface area contributed by atoms with E-state index < -0.39 is 0 Å². The van der Waals surface area contributed by atoms with Gasteiger partial charge in [-0.2, -0.15) is 0 Å². The predicted octanol–water partition coefficient (Wildman–Crippen LogP) is 1.50. The van der Waals surface area contributed by atoms with E-state index in [-0.39, 0.29) is 0 Å². The van der Waals surface area contributed by atoms with E-state index >= 15 is 0 Å². The largest absolute Gasteiger partial charge is 0.497 e. The molecule has 19 heavy (non-hydrogen) atoms. The first-order chi connectivity index (χ1) is 9.31. The molecule has 0 N–H and O–H groups in total. The smallest absolute Gasteiger partial charge is 0.119 e. The van der Waals surface area contributed by atoms with Crippen molar-refractivity contribution in [2.75, 3.05) is 40.6 Å². The monoisotopic (exact) mass is 268 g/mol.